The molecule has 0 heterocycles. The molecule has 8 aromatic carbocycles. The van der Waals surface area contributed by atoms with Gasteiger partial charge in [0.15, 0.2) is 0 Å². The molecule has 0 aliphatic rings. The van der Waals surface area contributed by atoms with E-state index in [4.69, 9.17) is 76.7 Å². The quantitative estimate of drug-likeness (QED) is 0.0173. The second kappa shape index (κ2) is 56.2. The zero-order chi connectivity index (χ0) is 77.3. The summed E-state index contributed by atoms with van der Waals surface area (Å²) in [6.07, 6.45) is 3.48. The van der Waals surface area contributed by atoms with E-state index in [1.165, 1.54) is 0 Å². The van der Waals surface area contributed by atoms with E-state index < -0.39 is 42.2 Å². The van der Waals surface area contributed by atoms with Gasteiger partial charge in [0.25, 0.3) is 23.6 Å². The molecular weight excluding hydrogens is 1660 g/mol. The Labute approximate surface area is 690 Å². The van der Waals surface area contributed by atoms with Gasteiger partial charge in [0.05, 0.1) is 62.4 Å². The average molecular weight is 1740 g/mol. The van der Waals surface area contributed by atoms with Crippen molar-refractivity contribution in [3.05, 3.63) is 251 Å². The Bertz CT molecular complexity index is 3920. The number of benzene rings is 8. The molecule has 8 aromatic rings. The van der Waals surface area contributed by atoms with Crippen LogP contribution in [0.1, 0.15) is 130 Å². The number of carbonyl (C=O) groups excluding carboxylic acids is 6. The van der Waals surface area contributed by atoms with E-state index in [2.05, 4.69) is 47.6 Å². The number of amides is 4. The molecule has 0 unspecified atom stereocenters. The Morgan fingerprint density at radius 2 is 0.546 bits per heavy atom. The van der Waals surface area contributed by atoms with Crippen LogP contribution >= 0.6 is 38.8 Å². The zero-order valence-corrected chi connectivity index (χ0v) is 74.4. The van der Waals surface area contributed by atoms with E-state index in [0.717, 1.165) is 44.9 Å². The molecule has 0 fully saturated rings. The van der Waals surface area contributed by atoms with Crippen molar-refractivity contribution < 1.29 is 147 Å². The molecule has 8 rings (SSSR count). The number of carbonyl (C=O) groups is 6. The zero-order valence-electron chi connectivity index (χ0n) is 62.4. The molecule has 576 valence electrons. The molecule has 0 aromatic heterocycles. The van der Waals surface area contributed by atoms with Gasteiger partial charge in [-0.25, -0.2) is 9.59 Å². The molecule has 0 aliphatic carbocycles. The SMILES string of the molecule is C=C(C)C(=O)Oc1cc(NC(=O)c2ccccc2)c(OCC)cc1C.C=C(C)C(=O)Oc1cc(NC(=O)c2ccccc2)c(OCC)cc1C.C=Cc1ccc(C(=O)Nc2cc(OCC)c(C)cc2OCC)cc1.C=Cc1ccc(C(=O)Nc2cc(OCC)c(C)cc2OCC)cc1.[Cl-].[Cl-].[Cl-].[Cl-].[Cl][Zn][Cl].[Cl][Zn][Cl]. The van der Waals surface area contributed by atoms with Crippen molar-refractivity contribution in [1.82, 2.24) is 0 Å². The van der Waals surface area contributed by atoms with Crippen LogP contribution in [0.3, 0.4) is 0 Å². The molecule has 0 spiro atoms. The van der Waals surface area contributed by atoms with Crippen LogP contribution in [0.4, 0.5) is 22.7 Å². The summed E-state index contributed by atoms with van der Waals surface area (Å²) in [7, 11) is 19.8. The van der Waals surface area contributed by atoms with Gasteiger partial charge in [0.1, 0.15) is 46.0 Å². The van der Waals surface area contributed by atoms with Crippen molar-refractivity contribution in [3.8, 4) is 46.0 Å². The normalized spacial score (nSPS) is 9.33. The Balaban J connectivity index is 0. The maximum absolute atomic E-state index is 12.5. The van der Waals surface area contributed by atoms with E-state index in [0.29, 0.717) is 130 Å². The van der Waals surface area contributed by atoms with Crippen LogP contribution in [0, 0.1) is 27.7 Å². The van der Waals surface area contributed by atoms with Crippen LogP contribution in [-0.2, 0) is 39.9 Å². The van der Waals surface area contributed by atoms with Gasteiger partial charge in [-0.05, 0) is 189 Å². The Morgan fingerprint density at radius 3 is 0.759 bits per heavy atom. The Morgan fingerprint density at radius 1 is 0.343 bits per heavy atom. The van der Waals surface area contributed by atoms with Gasteiger partial charge in [-0.3, -0.25) is 19.2 Å². The standard InChI is InChI=1S/2C20H21NO4.2C20H23NO3.8ClH.2Zn/c2*1-5-24-18-11-14(4)17(25-20(23)13(2)3)12-16(18)21-19(22)15-9-7-6-8-10-15;2*1-5-15-8-10-16(11-9-15)20(22)21-17-13-18(23-6-2)14(4)12-19(17)24-7-3;;;;;;;;;;/h2*6-12H,2,5H2,1,3-4H3,(H,21,22);2*5,8-13H,1,6-7H2,2-4H3,(H,21,22);8*1H;;/q;;;;;;;;;;;;2*+2/p-8. The molecule has 18 nitrogen and oxygen atoms in total. The molecule has 0 radical (unpaired) electrons. The van der Waals surface area contributed by atoms with Crippen LogP contribution in [-0.4, -0.2) is 75.2 Å². The number of ether oxygens (including phenoxy) is 8. The number of aryl methyl sites for hydroxylation is 4. The van der Waals surface area contributed by atoms with Crippen LogP contribution in [0.25, 0.3) is 12.2 Å². The number of esters is 2. The van der Waals surface area contributed by atoms with Crippen LogP contribution in [0.2, 0.25) is 0 Å². The van der Waals surface area contributed by atoms with Crippen LogP contribution in [0.15, 0.2) is 195 Å². The van der Waals surface area contributed by atoms with E-state index >= 15 is 0 Å². The third-order valence-electron chi connectivity index (χ3n) is 13.9. The van der Waals surface area contributed by atoms with Gasteiger partial charge in [-0.1, -0.05) is 99.1 Å². The summed E-state index contributed by atoms with van der Waals surface area (Å²) in [6, 6.07) is 46.2. The summed E-state index contributed by atoms with van der Waals surface area (Å²) >= 11 is -1.86. The molecular formula is C80H88Cl8N4O14Zn2-4. The molecule has 0 atom stereocenters. The maximum atomic E-state index is 12.5. The number of hydrogen-bond acceptors (Lipinski definition) is 14. The molecule has 0 saturated heterocycles. The summed E-state index contributed by atoms with van der Waals surface area (Å²) in [4.78, 5) is 73.4. The molecule has 108 heavy (non-hydrogen) atoms. The van der Waals surface area contributed by atoms with Crippen molar-refractivity contribution in [3.63, 3.8) is 0 Å². The summed E-state index contributed by atoms with van der Waals surface area (Å²) in [6.45, 7) is 39.6. The topological polar surface area (TPSA) is 224 Å². The first-order valence-electron chi connectivity index (χ1n) is 33.0. The predicted octanol–water partition coefficient (Wildman–Crippen LogP) is 8.40. The Hall–Kier alpha value is -8.09. The monoisotopic (exact) mass is 1740 g/mol. The predicted molar refractivity (Wildman–Crippen MR) is 414 cm³/mol. The summed E-state index contributed by atoms with van der Waals surface area (Å²) in [5.74, 6) is 2.47. The molecule has 0 saturated carbocycles. The number of halogens is 8. The number of nitrogens with one attached hydrogen (secondary N) is 4. The van der Waals surface area contributed by atoms with Gasteiger partial charge in [-0.15, -0.1) is 0 Å². The summed E-state index contributed by atoms with van der Waals surface area (Å²) in [5.41, 5.74) is 10.1. The first-order chi connectivity index (χ1) is 49.8. The third-order valence-corrected chi connectivity index (χ3v) is 13.9. The second-order valence-corrected chi connectivity index (χ2v) is 31.0. The summed E-state index contributed by atoms with van der Waals surface area (Å²) < 4.78 is 44.3. The molecule has 4 N–H and O–H groups in total. The second-order valence-electron chi connectivity index (χ2n) is 21.8. The van der Waals surface area contributed by atoms with Gasteiger partial charge in [0.2, 0.25) is 0 Å². The summed E-state index contributed by atoms with van der Waals surface area (Å²) in [5, 5.41) is 11.4. The van der Waals surface area contributed by atoms with E-state index in [1.807, 2.05) is 104 Å². The fraction of sp³-hybridized carbons (Fsp3) is 0.225. The number of hydrogen-bond donors (Lipinski definition) is 4. The van der Waals surface area contributed by atoms with E-state index in [9.17, 15) is 28.8 Å². The minimum atomic E-state index is -0.931. The molecule has 0 aliphatic heterocycles. The fourth-order valence-electron chi connectivity index (χ4n) is 8.85. The van der Waals surface area contributed by atoms with E-state index in [1.54, 1.807) is 149 Å². The molecule has 28 heteroatoms. The van der Waals surface area contributed by atoms with Crippen molar-refractivity contribution in [2.45, 2.75) is 83.1 Å². The minimum absolute atomic E-state index is 0. The van der Waals surface area contributed by atoms with Gasteiger partial charge in [-0.2, -0.15) is 0 Å². The van der Waals surface area contributed by atoms with Crippen molar-refractivity contribution >= 4 is 109 Å². The molecule has 4 amide bonds. The Kier molecular flexibility index (Phi) is 53.0. The number of anilines is 4. The third kappa shape index (κ3) is 35.1. The van der Waals surface area contributed by atoms with Crippen molar-refractivity contribution in [1.29, 1.82) is 0 Å². The first-order valence-corrected chi connectivity index (χ1v) is 48.6. The fourth-order valence-corrected chi connectivity index (χ4v) is 8.85. The van der Waals surface area contributed by atoms with Gasteiger partial charge in [0, 0.05) is 57.7 Å². The molecule has 0 bridgehead atoms. The van der Waals surface area contributed by atoms with Crippen LogP contribution in [0.5, 0.6) is 46.0 Å². The first kappa shape index (κ1) is 102. The van der Waals surface area contributed by atoms with Gasteiger partial charge < -0.3 is 109 Å². The number of rotatable bonds is 26. The van der Waals surface area contributed by atoms with Crippen LogP contribution < -0.4 is 109 Å². The van der Waals surface area contributed by atoms with Crippen molar-refractivity contribution in [2.75, 3.05) is 60.9 Å². The van der Waals surface area contributed by atoms with Gasteiger partial charge >= 0.3 is 81.0 Å². The average Bonchev–Trinajstić information content (AvgIpc) is 0.842. The van der Waals surface area contributed by atoms with Crippen molar-refractivity contribution in [2.24, 2.45) is 0 Å². The van der Waals surface area contributed by atoms with E-state index in [-0.39, 0.29) is 73.3 Å².